The molecule has 15 nitrogen and oxygen atoms in total. The highest BCUT2D eigenvalue weighted by molar-refractivity contribution is 7.91. The Balaban J connectivity index is 1.17. The van der Waals surface area contributed by atoms with Crippen molar-refractivity contribution >= 4 is 44.6 Å². The molecular formula is C49H62FN5O10S. The zero-order valence-electron chi connectivity index (χ0n) is 39.0. The van der Waals surface area contributed by atoms with Gasteiger partial charge in [0.1, 0.15) is 35.1 Å². The fraction of sp³-hybridized carbons (Fsp3) is 0.571. The maximum Gasteiger partial charge on any atom is 0.410 e. The standard InChI is InChI=1S/C49H62FN5O10S/c1-28(2)63-40-16-13-31(23-37(40)50)38-24-32-22-34(62-8)14-15-36(32)43(51-38)64-35-25-39-42(56)52-49(45(58)53-66(60,61)48(6)19-20-48)26-33(49)12-10-9-11-29(3)21-30(4)41(44(57)55(39)27-35)54(7)46(59)65-47(5)17-18-47/h10,12-16,22-24,28-30,33,35,39,41H,9,11,17-21,25-27H2,1-8H3,(H,52,56)(H,53,58)/b12-10-/t29-,30+,33+,35+,39-,41-,49+/m0/s1. The molecule has 0 bridgehead atoms. The van der Waals surface area contributed by atoms with Gasteiger partial charge in [-0.25, -0.2) is 22.6 Å². The van der Waals surface area contributed by atoms with Crippen LogP contribution in [0.3, 0.4) is 0 Å². The van der Waals surface area contributed by atoms with Crippen LogP contribution in [-0.2, 0) is 29.1 Å². The molecule has 0 unspecified atom stereocenters. The minimum absolute atomic E-state index is 0.0463. The van der Waals surface area contributed by atoms with Gasteiger partial charge in [0.2, 0.25) is 27.7 Å². The number of pyridine rings is 1. The first-order valence-corrected chi connectivity index (χ1v) is 24.6. The number of allylic oxidation sites excluding steroid dienone is 1. The van der Waals surface area contributed by atoms with Gasteiger partial charge in [-0.1, -0.05) is 26.0 Å². The monoisotopic (exact) mass is 931 g/mol. The van der Waals surface area contributed by atoms with Crippen molar-refractivity contribution in [3.05, 3.63) is 60.4 Å². The summed E-state index contributed by atoms with van der Waals surface area (Å²) in [5.74, 6) is -2.50. The van der Waals surface area contributed by atoms with Gasteiger partial charge < -0.3 is 29.2 Å². The van der Waals surface area contributed by atoms with Crippen LogP contribution in [0.2, 0.25) is 0 Å². The summed E-state index contributed by atoms with van der Waals surface area (Å²) in [6.45, 7) is 10.9. The first-order chi connectivity index (χ1) is 31.1. The van der Waals surface area contributed by atoms with Crippen molar-refractivity contribution in [3.8, 4) is 28.6 Å². The Kier molecular flexibility index (Phi) is 12.6. The number of methoxy groups -OCH3 is 1. The molecule has 7 atom stereocenters. The maximum absolute atomic E-state index is 15.4. The summed E-state index contributed by atoms with van der Waals surface area (Å²) in [7, 11) is -0.964. The molecule has 4 fully saturated rings. The van der Waals surface area contributed by atoms with Crippen molar-refractivity contribution < 1.29 is 50.9 Å². The van der Waals surface area contributed by atoms with Crippen molar-refractivity contribution in [2.75, 3.05) is 20.7 Å². The van der Waals surface area contributed by atoms with E-state index in [4.69, 9.17) is 23.9 Å². The number of hydrogen-bond donors (Lipinski definition) is 2. The third kappa shape index (κ3) is 9.54. The van der Waals surface area contributed by atoms with E-state index in [9.17, 15) is 22.8 Å². The summed E-state index contributed by atoms with van der Waals surface area (Å²) < 4.78 is 67.1. The number of aromatic nitrogens is 1. The molecule has 2 N–H and O–H groups in total. The van der Waals surface area contributed by atoms with Crippen LogP contribution in [0.25, 0.3) is 22.0 Å². The van der Waals surface area contributed by atoms with Gasteiger partial charge in [0, 0.05) is 30.3 Å². The van der Waals surface area contributed by atoms with Crippen molar-refractivity contribution in [2.24, 2.45) is 17.8 Å². The number of rotatable bonds is 11. The largest absolute Gasteiger partial charge is 0.497 e. The Bertz CT molecular complexity index is 2560. The number of ether oxygens (including phenoxy) is 4. The van der Waals surface area contributed by atoms with Crippen LogP contribution < -0.4 is 24.2 Å². The number of nitrogens with zero attached hydrogens (tertiary/aromatic N) is 3. The molecule has 8 rings (SSSR count). The van der Waals surface area contributed by atoms with E-state index >= 15 is 9.18 Å². The van der Waals surface area contributed by atoms with Crippen LogP contribution in [0.4, 0.5) is 9.18 Å². The smallest absolute Gasteiger partial charge is 0.410 e. The summed E-state index contributed by atoms with van der Waals surface area (Å²) in [4.78, 5) is 65.8. The molecule has 4 amide bonds. The Labute approximate surface area is 386 Å². The second-order valence-corrected chi connectivity index (χ2v) is 22.2. The Hall–Kier alpha value is -5.45. The number of sulfonamides is 1. The van der Waals surface area contributed by atoms with Gasteiger partial charge in [0.25, 0.3) is 5.91 Å². The predicted molar refractivity (Wildman–Crippen MR) is 245 cm³/mol. The van der Waals surface area contributed by atoms with Gasteiger partial charge in [-0.2, -0.15) is 0 Å². The lowest BCUT2D eigenvalue weighted by Gasteiger charge is -2.37. The van der Waals surface area contributed by atoms with E-state index in [2.05, 4.69) is 17.0 Å². The lowest BCUT2D eigenvalue weighted by atomic mass is 9.87. The van der Waals surface area contributed by atoms with Crippen LogP contribution in [-0.4, -0.2) is 108 Å². The summed E-state index contributed by atoms with van der Waals surface area (Å²) in [6.07, 6.45) is 6.42. The van der Waals surface area contributed by atoms with Gasteiger partial charge in [0.15, 0.2) is 11.6 Å². The zero-order chi connectivity index (χ0) is 47.5. The highest BCUT2D eigenvalue weighted by Gasteiger charge is 2.63. The minimum Gasteiger partial charge on any atom is -0.497 e. The Morgan fingerprint density at radius 1 is 1.03 bits per heavy atom. The van der Waals surface area contributed by atoms with Crippen molar-refractivity contribution in [1.29, 1.82) is 0 Å². The summed E-state index contributed by atoms with van der Waals surface area (Å²) in [5.41, 5.74) is -1.38. The number of hydrogen-bond acceptors (Lipinski definition) is 11. The molecule has 17 heteroatoms. The molecule has 3 heterocycles. The fourth-order valence-corrected chi connectivity index (χ4v) is 10.6. The molecule has 5 aliphatic rings. The number of benzene rings is 2. The van der Waals surface area contributed by atoms with Crippen LogP contribution >= 0.6 is 0 Å². The van der Waals surface area contributed by atoms with Crippen LogP contribution in [0.15, 0.2) is 54.6 Å². The molecule has 66 heavy (non-hydrogen) atoms. The molecule has 3 saturated carbocycles. The zero-order valence-corrected chi connectivity index (χ0v) is 39.8. The van der Waals surface area contributed by atoms with Gasteiger partial charge in [-0.05, 0) is 139 Å². The van der Waals surface area contributed by atoms with E-state index in [1.807, 2.05) is 39.8 Å². The van der Waals surface area contributed by atoms with Gasteiger partial charge >= 0.3 is 6.09 Å². The molecule has 0 spiro atoms. The minimum atomic E-state index is -4.05. The second kappa shape index (κ2) is 17.6. The molecule has 3 aliphatic carbocycles. The Morgan fingerprint density at radius 3 is 2.44 bits per heavy atom. The summed E-state index contributed by atoms with van der Waals surface area (Å²) in [6, 6.07) is 9.44. The quantitative estimate of drug-likeness (QED) is 0.188. The van der Waals surface area contributed by atoms with Gasteiger partial charge in [-0.15, -0.1) is 0 Å². The number of nitrogens with one attached hydrogen (secondary N) is 2. The number of fused-ring (bicyclic) bond motifs is 3. The highest BCUT2D eigenvalue weighted by atomic mass is 32.2. The van der Waals surface area contributed by atoms with Crippen molar-refractivity contribution in [2.45, 2.75) is 140 Å². The normalized spacial score (nSPS) is 28.4. The number of likely N-dealkylation sites (N-methyl/N-ethyl adjacent to an activating group) is 1. The molecule has 0 radical (unpaired) electrons. The lowest BCUT2D eigenvalue weighted by Crippen LogP contribution is -2.59. The number of halogens is 1. The van der Waals surface area contributed by atoms with Crippen molar-refractivity contribution in [1.82, 2.24) is 24.8 Å². The first-order valence-electron chi connectivity index (χ1n) is 23.1. The van der Waals surface area contributed by atoms with E-state index in [-0.39, 0.29) is 49.0 Å². The van der Waals surface area contributed by atoms with Crippen molar-refractivity contribution in [3.63, 3.8) is 0 Å². The van der Waals surface area contributed by atoms with Crippen LogP contribution in [0.1, 0.15) is 99.3 Å². The number of carbonyl (C=O) groups excluding carboxylic acids is 4. The molecule has 2 aliphatic heterocycles. The molecule has 3 aromatic rings. The van der Waals surface area contributed by atoms with E-state index in [1.54, 1.807) is 57.5 Å². The maximum atomic E-state index is 15.4. The first kappa shape index (κ1) is 47.1. The summed E-state index contributed by atoms with van der Waals surface area (Å²) in [5, 5.41) is 4.19. The topological polar surface area (TPSA) is 183 Å². The van der Waals surface area contributed by atoms with E-state index in [0.29, 0.717) is 66.3 Å². The van der Waals surface area contributed by atoms with E-state index in [1.165, 1.54) is 15.9 Å². The lowest BCUT2D eigenvalue weighted by molar-refractivity contribution is -0.144. The fourth-order valence-electron chi connectivity index (χ4n) is 9.34. The molecule has 1 saturated heterocycles. The van der Waals surface area contributed by atoms with Crippen LogP contribution in [0.5, 0.6) is 17.4 Å². The third-order valence-corrected chi connectivity index (χ3v) is 16.2. The van der Waals surface area contributed by atoms with E-state index < -0.39 is 79.6 Å². The Morgan fingerprint density at radius 2 is 1.77 bits per heavy atom. The molecule has 356 valence electrons. The van der Waals surface area contributed by atoms with E-state index in [0.717, 1.165) is 6.42 Å². The van der Waals surface area contributed by atoms with Crippen LogP contribution in [0, 0.1) is 23.6 Å². The average molecular weight is 932 g/mol. The SMILES string of the molecule is COc1ccc2c(O[C@@H]3C[C@H]4C(=O)N[C@]5(C(=O)NS(=O)(=O)C6(C)CC6)C[C@H]5/C=C\CC[C@H](C)C[C@@H](C)[C@H](N(C)C(=O)OC5(C)CC5)C(=O)N4C3)nc(-c3ccc(OC(C)C)c(F)c3)cc2c1. The van der Waals surface area contributed by atoms with Gasteiger partial charge in [-0.3, -0.25) is 24.0 Å². The second-order valence-electron chi connectivity index (χ2n) is 20.0. The third-order valence-electron chi connectivity index (χ3n) is 14.1. The van der Waals surface area contributed by atoms with Gasteiger partial charge in [0.05, 0.1) is 30.2 Å². The molecular weight excluding hydrogens is 870 g/mol. The number of carbonyl (C=O) groups is 4. The predicted octanol–water partition coefficient (Wildman–Crippen LogP) is 7.06. The molecule has 1 aromatic heterocycles. The molecule has 2 aromatic carbocycles. The number of amides is 4. The summed E-state index contributed by atoms with van der Waals surface area (Å²) >= 11 is 0. The average Bonchev–Trinajstić information content (AvgIpc) is 4.22. The highest BCUT2D eigenvalue weighted by Crippen LogP contribution is 2.48.